The molecule has 0 saturated carbocycles. The van der Waals surface area contributed by atoms with Gasteiger partial charge in [-0.1, -0.05) is 42.5 Å². The summed E-state index contributed by atoms with van der Waals surface area (Å²) in [5.41, 5.74) is 0.851. The van der Waals surface area contributed by atoms with E-state index in [0.29, 0.717) is 6.61 Å². The number of esters is 2. The Morgan fingerprint density at radius 3 is 2.45 bits per heavy atom. The Hall–Kier alpha value is -1.58. The molecular weight excluding hydrogens is 324 g/mol. The van der Waals surface area contributed by atoms with Gasteiger partial charge in [0.25, 0.3) is 0 Å². The van der Waals surface area contributed by atoms with Crippen LogP contribution >= 0.6 is 0 Å². The summed E-state index contributed by atoms with van der Waals surface area (Å²) in [7, 11) is 0. The quantitative estimate of drug-likeness (QED) is 0.584. The fourth-order valence-corrected chi connectivity index (χ4v) is 2.21. The number of ether oxygens (including phenoxy) is 2. The first kappa shape index (κ1) is 18.5. The van der Waals surface area contributed by atoms with Crippen LogP contribution in [0.5, 0.6) is 0 Å². The third-order valence-electron chi connectivity index (χ3n) is 3.17. The van der Waals surface area contributed by atoms with E-state index in [1.165, 1.54) is 0 Å². The molecule has 0 bridgehead atoms. The molecule has 0 amide bonds. The molecule has 1 aliphatic heterocycles. The standard InChI is InChI=1S/C12H13O4.C5H5.Fe/c1-2-15-12(14)9-7-10(13)16-11(9)8-5-3-4-6-8;1-2-4-5-3-1;/h3-6,9,11H,2,7H2,1H3;1-5H;/t9-,11+;;/m1../s1. The van der Waals surface area contributed by atoms with Gasteiger partial charge in [-0.3, -0.25) is 9.59 Å². The Morgan fingerprint density at radius 1 is 1.23 bits per heavy atom. The second kappa shape index (κ2) is 9.44. The molecule has 1 fully saturated rings. The van der Waals surface area contributed by atoms with E-state index < -0.39 is 12.0 Å². The van der Waals surface area contributed by atoms with Gasteiger partial charge in [0.2, 0.25) is 0 Å². The second-order valence-electron chi connectivity index (χ2n) is 4.65. The Kier molecular flexibility index (Phi) is 7.92. The smallest absolute Gasteiger partial charge is 0.313 e. The van der Waals surface area contributed by atoms with Crippen LogP contribution in [0, 0.1) is 18.8 Å². The van der Waals surface area contributed by atoms with Crippen LogP contribution in [-0.4, -0.2) is 24.6 Å². The maximum absolute atomic E-state index is 11.6. The first-order chi connectivity index (χ1) is 10.2. The van der Waals surface area contributed by atoms with Crippen LogP contribution in [0.15, 0.2) is 48.1 Å². The minimum Gasteiger partial charge on any atom is -0.466 e. The Labute approximate surface area is 141 Å². The Bertz CT molecular complexity index is 507. The van der Waals surface area contributed by atoms with E-state index in [2.05, 4.69) is 0 Å². The summed E-state index contributed by atoms with van der Waals surface area (Å²) < 4.78 is 10.1. The Morgan fingerprint density at radius 2 is 1.95 bits per heavy atom. The molecule has 3 rings (SSSR count). The normalized spacial score (nSPS) is 24.2. The van der Waals surface area contributed by atoms with Crippen molar-refractivity contribution in [2.45, 2.75) is 19.4 Å². The van der Waals surface area contributed by atoms with Crippen LogP contribution in [0.1, 0.15) is 13.3 Å². The van der Waals surface area contributed by atoms with Crippen molar-refractivity contribution in [3.05, 3.63) is 60.9 Å². The van der Waals surface area contributed by atoms with Crippen LogP contribution < -0.4 is 0 Å². The first-order valence-corrected chi connectivity index (χ1v) is 6.96. The predicted octanol–water partition coefficient (Wildman–Crippen LogP) is 2.50. The maximum Gasteiger partial charge on any atom is 0.313 e. The predicted molar refractivity (Wildman–Crippen MR) is 78.7 cm³/mol. The van der Waals surface area contributed by atoms with Crippen molar-refractivity contribution in [3.63, 3.8) is 0 Å². The molecule has 0 unspecified atom stereocenters. The van der Waals surface area contributed by atoms with E-state index in [1.54, 1.807) is 6.92 Å². The van der Waals surface area contributed by atoms with Crippen molar-refractivity contribution in [2.24, 2.45) is 5.92 Å². The second-order valence-corrected chi connectivity index (χ2v) is 4.65. The third kappa shape index (κ3) is 5.00. The van der Waals surface area contributed by atoms with Crippen LogP contribution in [0.25, 0.3) is 0 Å². The molecule has 0 aromatic heterocycles. The van der Waals surface area contributed by atoms with Crippen LogP contribution in [-0.2, 0) is 36.1 Å². The molecule has 5 heteroatoms. The summed E-state index contributed by atoms with van der Waals surface area (Å²) in [6, 6.07) is 0. The summed E-state index contributed by atoms with van der Waals surface area (Å²) >= 11 is 0. The summed E-state index contributed by atoms with van der Waals surface area (Å²) in [6.45, 7) is 2.06. The number of cyclic esters (lactones) is 1. The van der Waals surface area contributed by atoms with E-state index in [9.17, 15) is 9.59 Å². The molecule has 4 nitrogen and oxygen atoms in total. The minimum absolute atomic E-state index is 0. The van der Waals surface area contributed by atoms with Crippen LogP contribution in [0.4, 0.5) is 0 Å². The van der Waals surface area contributed by atoms with E-state index in [4.69, 9.17) is 9.47 Å². The summed E-state index contributed by atoms with van der Waals surface area (Å²) in [5.74, 6) is -1.21. The summed E-state index contributed by atoms with van der Waals surface area (Å²) in [4.78, 5) is 22.9. The molecule has 0 aromatic rings. The maximum atomic E-state index is 11.6. The van der Waals surface area contributed by atoms with E-state index >= 15 is 0 Å². The monoisotopic (exact) mass is 342 g/mol. The molecule has 1 saturated heterocycles. The van der Waals surface area contributed by atoms with Crippen LogP contribution in [0.2, 0.25) is 0 Å². The molecule has 118 valence electrons. The zero-order valence-electron chi connectivity index (χ0n) is 12.3. The zero-order chi connectivity index (χ0) is 15.1. The fourth-order valence-electron chi connectivity index (χ4n) is 2.21. The van der Waals surface area contributed by atoms with Crippen molar-refractivity contribution in [1.29, 1.82) is 0 Å². The van der Waals surface area contributed by atoms with Gasteiger partial charge >= 0.3 is 11.9 Å². The van der Waals surface area contributed by atoms with Crippen LogP contribution in [0.3, 0.4) is 0 Å². The number of hydrogen-bond acceptors (Lipinski definition) is 4. The molecule has 22 heavy (non-hydrogen) atoms. The molecule has 1 heterocycles. The van der Waals surface area contributed by atoms with Crippen molar-refractivity contribution < 1.29 is 36.1 Å². The molecule has 2 aliphatic carbocycles. The topological polar surface area (TPSA) is 52.6 Å². The van der Waals surface area contributed by atoms with Gasteiger partial charge in [0.15, 0.2) is 0 Å². The number of carbonyl (C=O) groups is 2. The summed E-state index contributed by atoms with van der Waals surface area (Å²) in [5, 5.41) is 0. The average molecular weight is 342 g/mol. The molecule has 3 aliphatic rings. The number of rotatable bonds is 3. The summed E-state index contributed by atoms with van der Waals surface area (Å²) in [6.07, 6.45) is 17.0. The van der Waals surface area contributed by atoms with Gasteiger partial charge in [-0.25, -0.2) is 0 Å². The van der Waals surface area contributed by atoms with Gasteiger partial charge in [0, 0.05) is 29.9 Å². The van der Waals surface area contributed by atoms with E-state index in [-0.39, 0.29) is 35.4 Å². The van der Waals surface area contributed by atoms with E-state index in [0.717, 1.165) is 5.57 Å². The third-order valence-corrected chi connectivity index (χ3v) is 3.17. The SMILES string of the molecule is CCOC(=O)[C@@H]1CC(=O)O[C@H]1C1=C[CH]C=C1.[CH]1C=CC=C1.[Fe]. The molecule has 0 spiro atoms. The van der Waals surface area contributed by atoms with Gasteiger partial charge in [-0.15, -0.1) is 0 Å². The van der Waals surface area contributed by atoms with Gasteiger partial charge in [0.05, 0.1) is 13.0 Å². The molecule has 2 radical (unpaired) electrons. The average Bonchev–Trinajstić information content (AvgIpc) is 3.22. The number of carbonyl (C=O) groups excluding carboxylic acids is 2. The van der Waals surface area contributed by atoms with Gasteiger partial charge in [-0.05, 0) is 12.5 Å². The van der Waals surface area contributed by atoms with Crippen molar-refractivity contribution >= 4 is 11.9 Å². The molecule has 2 atom stereocenters. The molecule has 0 aromatic carbocycles. The van der Waals surface area contributed by atoms with Crippen molar-refractivity contribution in [3.8, 4) is 0 Å². The molecular formula is C17H18FeO4. The van der Waals surface area contributed by atoms with E-state index in [1.807, 2.05) is 55.4 Å². The zero-order valence-corrected chi connectivity index (χ0v) is 13.4. The number of allylic oxidation sites excluding steroid dienone is 6. The van der Waals surface area contributed by atoms with Gasteiger partial charge in [0.1, 0.15) is 12.0 Å². The van der Waals surface area contributed by atoms with Crippen molar-refractivity contribution in [1.82, 2.24) is 0 Å². The molecule has 0 N–H and O–H groups in total. The Balaban J connectivity index is 0.000000344. The first-order valence-electron chi connectivity index (χ1n) is 6.96. The van der Waals surface area contributed by atoms with Gasteiger partial charge < -0.3 is 9.47 Å². The number of hydrogen-bond donors (Lipinski definition) is 0. The minimum atomic E-state index is -0.505. The largest absolute Gasteiger partial charge is 0.466 e. The van der Waals surface area contributed by atoms with Gasteiger partial charge in [-0.2, -0.15) is 0 Å². The fraction of sp³-hybridized carbons (Fsp3) is 0.294. The van der Waals surface area contributed by atoms with Crippen molar-refractivity contribution in [2.75, 3.05) is 6.61 Å².